The number of aromatic nitrogens is 6. The number of nitrogens with one attached hydrogen (secondary N) is 2. The smallest absolute Gasteiger partial charge is 0.410 e. The number of aromatic amines is 1. The van der Waals surface area contributed by atoms with Crippen molar-refractivity contribution in [1.29, 1.82) is 0 Å². The first-order valence-electron chi connectivity index (χ1n) is 10.8. The van der Waals surface area contributed by atoms with E-state index in [1.165, 1.54) is 11.8 Å². The van der Waals surface area contributed by atoms with Crippen molar-refractivity contribution in [3.8, 4) is 11.4 Å². The van der Waals surface area contributed by atoms with Gasteiger partial charge >= 0.3 is 6.09 Å². The molecule has 0 aliphatic carbocycles. The van der Waals surface area contributed by atoms with Crippen LogP contribution in [0.25, 0.3) is 22.4 Å². The summed E-state index contributed by atoms with van der Waals surface area (Å²) in [5.41, 5.74) is 1.64. The number of amides is 1. The standard InChI is InChI=1S/C21H29N9O2S/c1-21(2,3)32-20(31)30-11-9-29(10-12-30)8-7-22-18-24-13-14-16(27-28-17(14)26-18)15-5-6-23-19(25-15)33-4/h5-6,13H,7-12H2,1-4H3,(H2,22,24,26,27,28). The number of hydrogen-bond donors (Lipinski definition) is 2. The van der Waals surface area contributed by atoms with Gasteiger partial charge in [0, 0.05) is 51.7 Å². The fourth-order valence-electron chi connectivity index (χ4n) is 3.47. The Bertz CT molecular complexity index is 1110. The number of ether oxygens (including phenoxy) is 1. The highest BCUT2D eigenvalue weighted by Crippen LogP contribution is 2.24. The van der Waals surface area contributed by atoms with Gasteiger partial charge in [0.15, 0.2) is 10.8 Å². The average Bonchev–Trinajstić information content (AvgIpc) is 3.22. The Balaban J connectivity index is 1.29. The van der Waals surface area contributed by atoms with Crippen LogP contribution in [-0.2, 0) is 4.74 Å². The minimum Gasteiger partial charge on any atom is -0.444 e. The summed E-state index contributed by atoms with van der Waals surface area (Å²) in [7, 11) is 0. The van der Waals surface area contributed by atoms with Crippen LogP contribution in [0.2, 0.25) is 0 Å². The van der Waals surface area contributed by atoms with E-state index in [0.717, 1.165) is 36.4 Å². The van der Waals surface area contributed by atoms with Gasteiger partial charge in [-0.05, 0) is 33.1 Å². The molecule has 0 atom stereocenters. The molecule has 1 aliphatic rings. The summed E-state index contributed by atoms with van der Waals surface area (Å²) in [5, 5.41) is 12.1. The molecule has 176 valence electrons. The Morgan fingerprint density at radius 3 is 2.73 bits per heavy atom. The summed E-state index contributed by atoms with van der Waals surface area (Å²) in [4.78, 5) is 33.9. The molecule has 1 aliphatic heterocycles. The van der Waals surface area contributed by atoms with Gasteiger partial charge in [0.1, 0.15) is 5.60 Å². The van der Waals surface area contributed by atoms with Crippen LogP contribution in [0.15, 0.2) is 23.6 Å². The van der Waals surface area contributed by atoms with E-state index in [0.29, 0.717) is 36.4 Å². The summed E-state index contributed by atoms with van der Waals surface area (Å²) in [5.74, 6) is 0.528. The number of rotatable bonds is 6. The van der Waals surface area contributed by atoms with Crippen molar-refractivity contribution in [3.05, 3.63) is 18.5 Å². The maximum absolute atomic E-state index is 12.2. The highest BCUT2D eigenvalue weighted by Gasteiger charge is 2.25. The lowest BCUT2D eigenvalue weighted by Crippen LogP contribution is -2.50. The minimum absolute atomic E-state index is 0.244. The van der Waals surface area contributed by atoms with E-state index in [1.54, 1.807) is 17.3 Å². The maximum atomic E-state index is 12.2. The van der Waals surface area contributed by atoms with Crippen molar-refractivity contribution in [1.82, 2.24) is 39.9 Å². The van der Waals surface area contributed by atoms with E-state index in [9.17, 15) is 4.79 Å². The van der Waals surface area contributed by atoms with Crippen molar-refractivity contribution in [2.75, 3.05) is 50.8 Å². The van der Waals surface area contributed by atoms with E-state index in [1.807, 2.05) is 33.1 Å². The minimum atomic E-state index is -0.472. The van der Waals surface area contributed by atoms with Crippen LogP contribution >= 0.6 is 11.8 Å². The molecular formula is C21H29N9O2S. The molecule has 0 unspecified atom stereocenters. The molecule has 0 radical (unpaired) electrons. The molecule has 1 amide bonds. The van der Waals surface area contributed by atoms with Gasteiger partial charge in [-0.15, -0.1) is 0 Å². The second-order valence-electron chi connectivity index (χ2n) is 8.69. The zero-order valence-electron chi connectivity index (χ0n) is 19.3. The fourth-order valence-corrected chi connectivity index (χ4v) is 3.82. The molecule has 1 fully saturated rings. The number of thioether (sulfide) groups is 1. The molecular weight excluding hydrogens is 442 g/mol. The van der Waals surface area contributed by atoms with Crippen molar-refractivity contribution < 1.29 is 9.53 Å². The maximum Gasteiger partial charge on any atom is 0.410 e. The third-order valence-corrected chi connectivity index (χ3v) is 5.68. The Hall–Kier alpha value is -2.99. The van der Waals surface area contributed by atoms with Crippen molar-refractivity contribution in [2.45, 2.75) is 31.5 Å². The van der Waals surface area contributed by atoms with Crippen LogP contribution in [0, 0.1) is 0 Å². The van der Waals surface area contributed by atoms with E-state index in [2.05, 4.69) is 40.3 Å². The lowest BCUT2D eigenvalue weighted by atomic mass is 10.2. The number of H-pyrrole nitrogens is 1. The quantitative estimate of drug-likeness (QED) is 0.409. The molecule has 3 aromatic rings. The molecule has 0 saturated carbocycles. The summed E-state index contributed by atoms with van der Waals surface area (Å²) in [6, 6.07) is 1.83. The predicted molar refractivity (Wildman–Crippen MR) is 127 cm³/mol. The number of carbonyl (C=O) groups is 1. The van der Waals surface area contributed by atoms with Crippen molar-refractivity contribution >= 4 is 34.8 Å². The van der Waals surface area contributed by atoms with Gasteiger partial charge in [0.25, 0.3) is 0 Å². The predicted octanol–water partition coefficient (Wildman–Crippen LogP) is 2.50. The van der Waals surface area contributed by atoms with E-state index in [-0.39, 0.29) is 6.09 Å². The van der Waals surface area contributed by atoms with Crippen LogP contribution in [-0.4, -0.2) is 97.2 Å². The monoisotopic (exact) mass is 471 g/mol. The molecule has 3 aromatic heterocycles. The number of carbonyl (C=O) groups excluding carboxylic acids is 1. The SMILES string of the molecule is CSc1nccc(-c2[nH]nc3nc(NCCN4CCN(C(=O)OC(C)(C)C)CC4)ncc23)n1. The topological polar surface area (TPSA) is 125 Å². The van der Waals surface area contributed by atoms with E-state index in [4.69, 9.17) is 4.74 Å². The number of fused-ring (bicyclic) bond motifs is 1. The number of piperazine rings is 1. The van der Waals surface area contributed by atoms with E-state index >= 15 is 0 Å². The Kier molecular flexibility index (Phi) is 6.94. The van der Waals surface area contributed by atoms with Gasteiger partial charge in [-0.2, -0.15) is 10.1 Å². The molecule has 0 bridgehead atoms. The molecule has 1 saturated heterocycles. The normalized spacial score (nSPS) is 15.1. The summed E-state index contributed by atoms with van der Waals surface area (Å²) < 4.78 is 5.45. The van der Waals surface area contributed by atoms with E-state index < -0.39 is 5.60 Å². The second-order valence-corrected chi connectivity index (χ2v) is 9.47. The van der Waals surface area contributed by atoms with Crippen LogP contribution < -0.4 is 5.32 Å². The first-order valence-corrected chi connectivity index (χ1v) is 12.1. The number of anilines is 1. The fraction of sp³-hybridized carbons (Fsp3) is 0.524. The highest BCUT2D eigenvalue weighted by molar-refractivity contribution is 7.98. The zero-order chi connectivity index (χ0) is 23.4. The van der Waals surface area contributed by atoms with Crippen molar-refractivity contribution in [3.63, 3.8) is 0 Å². The first-order chi connectivity index (χ1) is 15.8. The molecule has 11 nitrogen and oxygen atoms in total. The second kappa shape index (κ2) is 9.87. The molecule has 33 heavy (non-hydrogen) atoms. The lowest BCUT2D eigenvalue weighted by molar-refractivity contribution is 0.0148. The summed E-state index contributed by atoms with van der Waals surface area (Å²) >= 11 is 1.48. The molecule has 0 aromatic carbocycles. The Morgan fingerprint density at radius 1 is 1.21 bits per heavy atom. The van der Waals surface area contributed by atoms with Crippen molar-refractivity contribution in [2.24, 2.45) is 0 Å². The van der Waals surface area contributed by atoms with Crippen LogP contribution in [0.3, 0.4) is 0 Å². The molecule has 4 heterocycles. The zero-order valence-corrected chi connectivity index (χ0v) is 20.1. The van der Waals surface area contributed by atoms with Gasteiger partial charge in [-0.3, -0.25) is 10.00 Å². The summed E-state index contributed by atoms with van der Waals surface area (Å²) in [6.07, 6.45) is 5.17. The van der Waals surface area contributed by atoms with Gasteiger partial charge in [0.2, 0.25) is 5.95 Å². The van der Waals surface area contributed by atoms with Gasteiger partial charge in [-0.1, -0.05) is 11.8 Å². The Labute approximate surface area is 196 Å². The molecule has 2 N–H and O–H groups in total. The number of nitrogens with zero attached hydrogens (tertiary/aromatic N) is 7. The third kappa shape index (κ3) is 5.88. The number of hydrogen-bond acceptors (Lipinski definition) is 10. The molecule has 12 heteroatoms. The van der Waals surface area contributed by atoms with Crippen LogP contribution in [0.1, 0.15) is 20.8 Å². The molecule has 0 spiro atoms. The van der Waals surface area contributed by atoms with Crippen LogP contribution in [0.4, 0.5) is 10.7 Å². The first kappa shape index (κ1) is 23.2. The third-order valence-electron chi connectivity index (χ3n) is 5.12. The van der Waals surface area contributed by atoms with Gasteiger partial charge < -0.3 is 15.0 Å². The lowest BCUT2D eigenvalue weighted by Gasteiger charge is -2.35. The Morgan fingerprint density at radius 2 is 2.00 bits per heavy atom. The molecule has 4 rings (SSSR count). The largest absolute Gasteiger partial charge is 0.444 e. The highest BCUT2D eigenvalue weighted by atomic mass is 32.2. The average molecular weight is 472 g/mol. The van der Waals surface area contributed by atoms with Crippen LogP contribution in [0.5, 0.6) is 0 Å². The summed E-state index contributed by atoms with van der Waals surface area (Å²) in [6.45, 7) is 10.1. The van der Waals surface area contributed by atoms with Gasteiger partial charge in [0.05, 0.1) is 16.8 Å². The van der Waals surface area contributed by atoms with Gasteiger partial charge in [-0.25, -0.2) is 19.7 Å².